The molecular weight excluding hydrogens is 795 g/mol. The number of carbonyl (C=O) groups is 3. The summed E-state index contributed by atoms with van der Waals surface area (Å²) in [5, 5.41) is 5.71. The average Bonchev–Trinajstić information content (AvgIpc) is 3.58. The normalized spacial score (nSPS) is 19.1. The molecule has 0 aliphatic carbocycles. The van der Waals surface area contributed by atoms with Gasteiger partial charge in [-0.3, -0.25) is 14.8 Å². The molecule has 2 aromatic rings. The molecule has 4 aliphatic rings. The van der Waals surface area contributed by atoms with Gasteiger partial charge < -0.3 is 34.6 Å². The molecule has 2 N–H and O–H groups in total. The van der Waals surface area contributed by atoms with Gasteiger partial charge in [-0.1, -0.05) is 42.5 Å². The van der Waals surface area contributed by atoms with Crippen molar-refractivity contribution in [3.8, 4) is 5.75 Å². The van der Waals surface area contributed by atoms with Crippen LogP contribution in [0.15, 0.2) is 58.5 Å². The van der Waals surface area contributed by atoms with Gasteiger partial charge in [-0.15, -0.1) is 13.2 Å². The minimum atomic E-state index is -4.77. The fourth-order valence-corrected chi connectivity index (χ4v) is 7.00. The zero-order valence-corrected chi connectivity index (χ0v) is 33.7. The number of hydrogen-bond donors (Lipinski definition) is 2. The second kappa shape index (κ2) is 16.4. The number of amidine groups is 2. The van der Waals surface area contributed by atoms with Crippen molar-refractivity contribution in [3.63, 3.8) is 0 Å². The summed E-state index contributed by atoms with van der Waals surface area (Å²) < 4.78 is 90.1. The van der Waals surface area contributed by atoms with Gasteiger partial charge in [-0.2, -0.15) is 13.2 Å². The van der Waals surface area contributed by atoms with Gasteiger partial charge in [0.15, 0.2) is 0 Å². The van der Waals surface area contributed by atoms with E-state index in [2.05, 4.69) is 25.4 Å². The number of halogens is 6. The number of rotatable bonds is 4. The zero-order valence-electron chi connectivity index (χ0n) is 32.9. The number of thiocarbonyl (C=S) groups is 1. The molecule has 2 saturated heterocycles. The molecule has 0 unspecified atom stereocenters. The Morgan fingerprint density at radius 1 is 0.724 bits per heavy atom. The third-order valence-electron chi connectivity index (χ3n) is 9.39. The van der Waals surface area contributed by atoms with Crippen molar-refractivity contribution >= 4 is 47.0 Å². The van der Waals surface area contributed by atoms with Gasteiger partial charge in [0, 0.05) is 37.3 Å². The number of ether oxygens (including phenoxy) is 3. The number of amides is 3. The standard InChI is InChI=1S/C20H24F3N3O3.C19H22F3N3O3S/c1-18(2,3)29-17(28)26-9-7-19(8-10-26)16(27)24-15(25-19)14-6-4-5-13(11-14)12-20(21,22)23;1-17(2,3)28-16(26)25-9-7-18(8-10-25)15(29)23-14(24-18)12-5-4-6-13(11-12)27-19(20,21)22/h4-6,11H,7-10,12H2,1-3H3,(H,24,25,27);4-6,11H,7-10H2,1-3H3,(H,23,24,29). The van der Waals surface area contributed by atoms with Crippen LogP contribution in [0.2, 0.25) is 0 Å². The highest BCUT2D eigenvalue weighted by atomic mass is 32.1. The van der Waals surface area contributed by atoms with Crippen molar-refractivity contribution in [2.24, 2.45) is 9.98 Å². The van der Waals surface area contributed by atoms with Crippen molar-refractivity contribution in [2.75, 3.05) is 26.2 Å². The lowest BCUT2D eigenvalue weighted by molar-refractivity contribution is -0.274. The topological polar surface area (TPSA) is 134 Å². The van der Waals surface area contributed by atoms with E-state index >= 15 is 0 Å². The van der Waals surface area contributed by atoms with Crippen molar-refractivity contribution < 1.29 is 54.9 Å². The highest BCUT2D eigenvalue weighted by Crippen LogP contribution is 2.34. The summed E-state index contributed by atoms with van der Waals surface area (Å²) in [6, 6.07) is 11.5. The number of piperidine rings is 2. The Morgan fingerprint density at radius 3 is 1.69 bits per heavy atom. The lowest BCUT2D eigenvalue weighted by Gasteiger charge is -2.37. The van der Waals surface area contributed by atoms with Crippen LogP contribution in [0.5, 0.6) is 5.75 Å². The number of benzene rings is 2. The van der Waals surface area contributed by atoms with Crippen LogP contribution in [0.3, 0.4) is 0 Å². The fraction of sp³-hybridized carbons (Fsp3) is 0.538. The molecule has 4 heterocycles. The van der Waals surface area contributed by atoms with Crippen LogP contribution in [0, 0.1) is 0 Å². The Hall–Kier alpha value is -4.94. The zero-order chi connectivity index (χ0) is 42.9. The SMILES string of the molecule is CC(C)(C)OC(=O)N1CCC2(CC1)N=C(c1cccc(CC(F)(F)F)c1)NC2=O.CC(C)(C)OC(=O)N1CCC2(CC1)N=C(c1cccc(OC(F)(F)F)c1)NC2=S. The van der Waals surface area contributed by atoms with Gasteiger partial charge in [-0.05, 0) is 91.0 Å². The van der Waals surface area contributed by atoms with Gasteiger partial charge in [0.25, 0.3) is 5.91 Å². The van der Waals surface area contributed by atoms with Crippen LogP contribution in [-0.2, 0) is 20.7 Å². The van der Waals surface area contributed by atoms with E-state index in [1.54, 1.807) is 63.5 Å². The smallest absolute Gasteiger partial charge is 0.444 e. The number of alkyl halides is 6. The average molecular weight is 841 g/mol. The van der Waals surface area contributed by atoms with Gasteiger partial charge >= 0.3 is 24.7 Å². The van der Waals surface area contributed by atoms with E-state index in [0.717, 1.165) is 0 Å². The molecule has 0 radical (unpaired) electrons. The first-order valence-corrected chi connectivity index (χ1v) is 19.0. The molecule has 0 atom stereocenters. The van der Waals surface area contributed by atoms with E-state index in [1.807, 2.05) is 0 Å². The summed E-state index contributed by atoms with van der Waals surface area (Å²) in [5.74, 6) is 0.0433. The Balaban J connectivity index is 0.000000221. The molecule has 3 amide bonds. The molecule has 0 bridgehead atoms. The van der Waals surface area contributed by atoms with Crippen molar-refractivity contribution in [1.29, 1.82) is 0 Å². The molecular formula is C39H46F6N6O6S. The largest absolute Gasteiger partial charge is 0.573 e. The molecule has 58 heavy (non-hydrogen) atoms. The van der Waals surface area contributed by atoms with E-state index in [0.29, 0.717) is 73.8 Å². The predicted octanol–water partition coefficient (Wildman–Crippen LogP) is 7.47. The first-order valence-electron chi connectivity index (χ1n) is 18.5. The summed E-state index contributed by atoms with van der Waals surface area (Å²) in [7, 11) is 0. The number of nitrogens with zero attached hydrogens (tertiary/aromatic N) is 4. The number of carbonyl (C=O) groups excluding carboxylic acids is 3. The Kier molecular flexibility index (Phi) is 12.5. The molecule has 12 nitrogen and oxygen atoms in total. The molecule has 0 aromatic heterocycles. The second-order valence-electron chi connectivity index (χ2n) is 16.4. The molecule has 0 saturated carbocycles. The maximum Gasteiger partial charge on any atom is 0.573 e. The maximum atomic E-state index is 12.7. The summed E-state index contributed by atoms with van der Waals surface area (Å²) >= 11 is 5.47. The number of nitrogens with one attached hydrogen (secondary N) is 2. The van der Waals surface area contributed by atoms with Crippen LogP contribution >= 0.6 is 12.2 Å². The second-order valence-corrected chi connectivity index (χ2v) is 16.8. The first-order chi connectivity index (χ1) is 26.7. The van der Waals surface area contributed by atoms with Gasteiger partial charge in [0.2, 0.25) is 0 Å². The van der Waals surface area contributed by atoms with E-state index in [-0.39, 0.29) is 29.1 Å². The summed E-state index contributed by atoms with van der Waals surface area (Å²) in [6.45, 7) is 12.2. The van der Waals surface area contributed by atoms with Crippen LogP contribution in [0.1, 0.15) is 83.9 Å². The summed E-state index contributed by atoms with van der Waals surface area (Å²) in [4.78, 5) is 49.9. The van der Waals surface area contributed by atoms with Gasteiger partial charge in [0.1, 0.15) is 44.7 Å². The molecule has 2 spiro atoms. The molecule has 4 aliphatic heterocycles. The van der Waals surface area contributed by atoms with Crippen LogP contribution in [0.25, 0.3) is 0 Å². The van der Waals surface area contributed by atoms with Crippen LogP contribution in [-0.4, -0.2) is 106 Å². The third kappa shape index (κ3) is 11.6. The van der Waals surface area contributed by atoms with Gasteiger partial charge in [-0.25, -0.2) is 9.59 Å². The number of aliphatic imine (C=N–C) groups is 2. The van der Waals surface area contributed by atoms with E-state index in [4.69, 9.17) is 21.7 Å². The number of likely N-dealkylation sites (tertiary alicyclic amines) is 2. The molecule has 6 rings (SSSR count). The molecule has 19 heteroatoms. The third-order valence-corrected chi connectivity index (χ3v) is 9.87. The van der Waals surface area contributed by atoms with Crippen molar-refractivity contribution in [3.05, 3.63) is 65.2 Å². The molecule has 2 fully saturated rings. The lowest BCUT2D eigenvalue weighted by atomic mass is 9.88. The first kappa shape index (κ1) is 44.2. The quantitative estimate of drug-likeness (QED) is 0.240. The summed E-state index contributed by atoms with van der Waals surface area (Å²) in [5.41, 5.74) is -1.88. The highest BCUT2D eigenvalue weighted by molar-refractivity contribution is 7.80. The minimum Gasteiger partial charge on any atom is -0.444 e. The Bertz CT molecular complexity index is 1820. The minimum absolute atomic E-state index is 0.104. The van der Waals surface area contributed by atoms with Crippen LogP contribution in [0.4, 0.5) is 35.9 Å². The fourth-order valence-electron chi connectivity index (χ4n) is 6.66. The number of hydrogen-bond acceptors (Lipinski definition) is 9. The lowest BCUT2D eigenvalue weighted by Crippen LogP contribution is -2.51. The molecule has 316 valence electrons. The van der Waals surface area contributed by atoms with Crippen molar-refractivity contribution in [1.82, 2.24) is 20.4 Å². The van der Waals surface area contributed by atoms with Crippen molar-refractivity contribution in [2.45, 2.75) is 108 Å². The molecule has 2 aromatic carbocycles. The summed E-state index contributed by atoms with van der Waals surface area (Å²) in [6.07, 6.45) is -9.30. The van der Waals surface area contributed by atoms with Gasteiger partial charge in [0.05, 0.1) is 6.42 Å². The van der Waals surface area contributed by atoms with Crippen LogP contribution < -0.4 is 15.4 Å². The van der Waals surface area contributed by atoms with E-state index < -0.39 is 47.3 Å². The highest BCUT2D eigenvalue weighted by Gasteiger charge is 2.48. The maximum absolute atomic E-state index is 12.7. The Morgan fingerprint density at radius 2 is 1.19 bits per heavy atom. The van der Waals surface area contributed by atoms with E-state index in [9.17, 15) is 40.7 Å². The van der Waals surface area contributed by atoms with E-state index in [1.165, 1.54) is 36.4 Å². The Labute approximate surface area is 337 Å². The monoisotopic (exact) mass is 840 g/mol. The predicted molar refractivity (Wildman–Crippen MR) is 206 cm³/mol.